The Bertz CT molecular complexity index is 677. The number of hydrogen-bond acceptors (Lipinski definition) is 6. The SMILES string of the molecule is O=C(/C=C/c1ccc(O)cn1)c1ccc(O)c(O)c1O. The molecule has 0 radical (unpaired) electrons. The molecule has 6 heteroatoms. The molecule has 0 saturated carbocycles. The van der Waals surface area contributed by atoms with Crippen molar-refractivity contribution in [2.45, 2.75) is 0 Å². The van der Waals surface area contributed by atoms with Gasteiger partial charge in [-0.2, -0.15) is 0 Å². The van der Waals surface area contributed by atoms with Gasteiger partial charge in [0.2, 0.25) is 5.75 Å². The summed E-state index contributed by atoms with van der Waals surface area (Å²) >= 11 is 0. The largest absolute Gasteiger partial charge is 0.506 e. The van der Waals surface area contributed by atoms with Crippen LogP contribution in [-0.4, -0.2) is 31.2 Å². The molecule has 4 N–H and O–H groups in total. The zero-order valence-electron chi connectivity index (χ0n) is 10.2. The molecule has 2 aromatic rings. The highest BCUT2D eigenvalue weighted by Gasteiger charge is 2.15. The minimum absolute atomic E-state index is 0.00887. The highest BCUT2D eigenvalue weighted by atomic mass is 16.3. The number of aromatic nitrogens is 1. The number of carbonyl (C=O) groups is 1. The van der Waals surface area contributed by atoms with Crippen LogP contribution in [0.15, 0.2) is 36.5 Å². The van der Waals surface area contributed by atoms with Crippen LogP contribution < -0.4 is 0 Å². The fourth-order valence-corrected chi connectivity index (χ4v) is 1.51. The van der Waals surface area contributed by atoms with Gasteiger partial charge in [0.25, 0.3) is 0 Å². The van der Waals surface area contributed by atoms with Gasteiger partial charge >= 0.3 is 0 Å². The van der Waals surface area contributed by atoms with Crippen molar-refractivity contribution in [3.05, 3.63) is 47.8 Å². The number of hydrogen-bond donors (Lipinski definition) is 4. The molecule has 0 atom stereocenters. The van der Waals surface area contributed by atoms with Gasteiger partial charge in [0.1, 0.15) is 5.75 Å². The van der Waals surface area contributed by atoms with Gasteiger partial charge < -0.3 is 20.4 Å². The van der Waals surface area contributed by atoms with Crippen LogP contribution in [0.25, 0.3) is 6.08 Å². The molecule has 0 aliphatic heterocycles. The first kappa shape index (κ1) is 13.4. The summed E-state index contributed by atoms with van der Waals surface area (Å²) in [5.41, 5.74) is 0.300. The smallest absolute Gasteiger partial charge is 0.201 e. The minimum Gasteiger partial charge on any atom is -0.506 e. The molecular formula is C14H11NO5. The molecule has 102 valence electrons. The van der Waals surface area contributed by atoms with Crippen LogP contribution in [0.4, 0.5) is 0 Å². The van der Waals surface area contributed by atoms with E-state index in [4.69, 9.17) is 10.2 Å². The van der Waals surface area contributed by atoms with E-state index in [-0.39, 0.29) is 11.3 Å². The molecule has 0 spiro atoms. The maximum atomic E-state index is 11.9. The third kappa shape index (κ3) is 2.69. The Labute approximate surface area is 113 Å². The van der Waals surface area contributed by atoms with Crippen molar-refractivity contribution >= 4 is 11.9 Å². The predicted molar refractivity (Wildman–Crippen MR) is 70.7 cm³/mol. The van der Waals surface area contributed by atoms with E-state index >= 15 is 0 Å². The number of phenols is 3. The summed E-state index contributed by atoms with van der Waals surface area (Å²) < 4.78 is 0. The molecule has 0 bridgehead atoms. The first-order chi connectivity index (χ1) is 9.49. The van der Waals surface area contributed by atoms with Gasteiger partial charge in [0.15, 0.2) is 17.3 Å². The van der Waals surface area contributed by atoms with E-state index in [1.807, 2.05) is 0 Å². The lowest BCUT2D eigenvalue weighted by atomic mass is 10.1. The Kier molecular flexibility index (Phi) is 3.56. The lowest BCUT2D eigenvalue weighted by Crippen LogP contribution is -1.95. The fourth-order valence-electron chi connectivity index (χ4n) is 1.51. The van der Waals surface area contributed by atoms with Crippen molar-refractivity contribution in [1.29, 1.82) is 0 Å². The van der Waals surface area contributed by atoms with Crippen molar-refractivity contribution in [2.24, 2.45) is 0 Å². The summed E-state index contributed by atoms with van der Waals surface area (Å²) in [4.78, 5) is 15.7. The summed E-state index contributed by atoms with van der Waals surface area (Å²) in [6.07, 6.45) is 3.78. The van der Waals surface area contributed by atoms with Crippen LogP contribution in [0.3, 0.4) is 0 Å². The number of pyridine rings is 1. The number of benzene rings is 1. The lowest BCUT2D eigenvalue weighted by Gasteiger charge is -2.04. The Balaban J connectivity index is 2.24. The summed E-state index contributed by atoms with van der Waals surface area (Å²) in [7, 11) is 0. The van der Waals surface area contributed by atoms with Gasteiger partial charge in [0.05, 0.1) is 17.5 Å². The molecule has 0 unspecified atom stereocenters. The quantitative estimate of drug-likeness (QED) is 0.385. The normalized spacial score (nSPS) is 10.8. The van der Waals surface area contributed by atoms with Crippen LogP contribution in [0.2, 0.25) is 0 Å². The predicted octanol–water partition coefficient (Wildman–Crippen LogP) is 1.80. The number of phenolic OH excluding ortho intramolecular Hbond substituents is 3. The van der Waals surface area contributed by atoms with Crippen molar-refractivity contribution < 1.29 is 25.2 Å². The second kappa shape index (κ2) is 5.31. The Morgan fingerprint density at radius 2 is 1.75 bits per heavy atom. The average molecular weight is 273 g/mol. The maximum Gasteiger partial charge on any atom is 0.201 e. The molecule has 1 heterocycles. The Morgan fingerprint density at radius 3 is 2.40 bits per heavy atom. The molecule has 1 aromatic heterocycles. The molecule has 1 aromatic carbocycles. The third-order valence-electron chi connectivity index (χ3n) is 2.57. The van der Waals surface area contributed by atoms with Crippen molar-refractivity contribution in [1.82, 2.24) is 4.98 Å². The Morgan fingerprint density at radius 1 is 1.00 bits per heavy atom. The van der Waals surface area contributed by atoms with Gasteiger partial charge in [-0.25, -0.2) is 0 Å². The van der Waals surface area contributed by atoms with Crippen LogP contribution in [0.1, 0.15) is 16.1 Å². The molecule has 2 rings (SSSR count). The first-order valence-corrected chi connectivity index (χ1v) is 5.60. The molecule has 0 aliphatic carbocycles. The van der Waals surface area contributed by atoms with E-state index in [1.165, 1.54) is 30.5 Å². The van der Waals surface area contributed by atoms with E-state index in [1.54, 1.807) is 0 Å². The number of aromatic hydroxyl groups is 4. The van der Waals surface area contributed by atoms with Crippen molar-refractivity contribution in [3.8, 4) is 23.0 Å². The van der Waals surface area contributed by atoms with E-state index in [2.05, 4.69) is 4.98 Å². The molecule has 0 aliphatic rings. The highest BCUT2D eigenvalue weighted by molar-refractivity contribution is 6.09. The van der Waals surface area contributed by atoms with Crippen molar-refractivity contribution in [3.63, 3.8) is 0 Å². The molecule has 0 fully saturated rings. The molecular weight excluding hydrogens is 262 g/mol. The summed E-state index contributed by atoms with van der Waals surface area (Å²) in [5.74, 6) is -2.49. The van der Waals surface area contributed by atoms with Gasteiger partial charge in [-0.1, -0.05) is 0 Å². The molecule has 20 heavy (non-hydrogen) atoms. The number of carbonyl (C=O) groups excluding carboxylic acids is 1. The van der Waals surface area contributed by atoms with Gasteiger partial charge in [-0.15, -0.1) is 0 Å². The topological polar surface area (TPSA) is 111 Å². The summed E-state index contributed by atoms with van der Waals surface area (Å²) in [6.45, 7) is 0. The monoisotopic (exact) mass is 273 g/mol. The molecule has 0 amide bonds. The number of allylic oxidation sites excluding steroid dienone is 1. The zero-order chi connectivity index (χ0) is 14.7. The van der Waals surface area contributed by atoms with E-state index < -0.39 is 23.0 Å². The standard InChI is InChI=1S/C14H11NO5/c16-9-3-1-8(15-7-9)2-5-11(17)10-4-6-12(18)14(20)13(10)19/h1-7,16,18-20H/b5-2+. The molecule has 6 nitrogen and oxygen atoms in total. The van der Waals surface area contributed by atoms with Gasteiger partial charge in [-0.05, 0) is 36.4 Å². The number of ketones is 1. The summed E-state index contributed by atoms with van der Waals surface area (Å²) in [5, 5.41) is 37.1. The lowest BCUT2D eigenvalue weighted by molar-refractivity contribution is 0.104. The maximum absolute atomic E-state index is 11.9. The molecule has 0 saturated heterocycles. The Hall–Kier alpha value is -3.02. The van der Waals surface area contributed by atoms with Crippen LogP contribution >= 0.6 is 0 Å². The second-order valence-electron chi connectivity index (χ2n) is 3.97. The average Bonchev–Trinajstić information content (AvgIpc) is 2.44. The number of nitrogens with zero attached hydrogens (tertiary/aromatic N) is 1. The van der Waals surface area contributed by atoms with E-state index in [0.29, 0.717) is 5.69 Å². The van der Waals surface area contributed by atoms with Crippen LogP contribution in [0.5, 0.6) is 23.0 Å². The van der Waals surface area contributed by atoms with E-state index in [0.717, 1.165) is 12.1 Å². The first-order valence-electron chi connectivity index (χ1n) is 5.60. The second-order valence-corrected chi connectivity index (χ2v) is 3.97. The van der Waals surface area contributed by atoms with Gasteiger partial charge in [0, 0.05) is 0 Å². The highest BCUT2D eigenvalue weighted by Crippen LogP contribution is 2.37. The zero-order valence-corrected chi connectivity index (χ0v) is 10.2. The number of rotatable bonds is 3. The van der Waals surface area contributed by atoms with Crippen LogP contribution in [0, 0.1) is 0 Å². The van der Waals surface area contributed by atoms with Gasteiger partial charge in [-0.3, -0.25) is 9.78 Å². The third-order valence-corrected chi connectivity index (χ3v) is 2.57. The summed E-state index contributed by atoms with van der Waals surface area (Å²) in [6, 6.07) is 5.23. The fraction of sp³-hybridized carbons (Fsp3) is 0. The van der Waals surface area contributed by atoms with E-state index in [9.17, 15) is 15.0 Å². The van der Waals surface area contributed by atoms with Crippen molar-refractivity contribution in [2.75, 3.05) is 0 Å². The minimum atomic E-state index is -0.744. The van der Waals surface area contributed by atoms with Crippen LogP contribution in [-0.2, 0) is 0 Å².